The van der Waals surface area contributed by atoms with Crippen LogP contribution in [-0.2, 0) is 9.59 Å². The minimum atomic E-state index is -5.20. The highest BCUT2D eigenvalue weighted by Gasteiger charge is 2.69. The van der Waals surface area contributed by atoms with Crippen LogP contribution >= 0.6 is 0 Å². The monoisotopic (exact) mass is 425 g/mol. The van der Waals surface area contributed by atoms with Crippen molar-refractivity contribution in [2.75, 3.05) is 4.90 Å². The molecule has 1 aliphatic carbocycles. The average Bonchev–Trinajstić information content (AvgIpc) is 2.92. The Kier molecular flexibility index (Phi) is 6.10. The second kappa shape index (κ2) is 8.28. The highest BCUT2D eigenvalue weighted by Crippen LogP contribution is 2.37. The molecule has 2 aliphatic rings. The molecule has 0 aromatic heterocycles. The van der Waals surface area contributed by atoms with E-state index < -0.39 is 29.7 Å². The Morgan fingerprint density at radius 2 is 1.87 bits per heavy atom. The second-order valence-corrected chi connectivity index (χ2v) is 8.20. The molecule has 1 saturated heterocycles. The highest BCUT2D eigenvalue weighted by atomic mass is 19.4. The number of hydrogen-bond donors (Lipinski definition) is 2. The zero-order valence-electron chi connectivity index (χ0n) is 17.1. The van der Waals surface area contributed by atoms with E-state index >= 15 is 0 Å². The summed E-state index contributed by atoms with van der Waals surface area (Å²) in [5.41, 5.74) is -2.11. The van der Waals surface area contributed by atoms with Gasteiger partial charge >= 0.3 is 12.2 Å². The molecular formula is C21H26F3N3O3. The first-order valence-corrected chi connectivity index (χ1v) is 10.2. The molecule has 1 aromatic carbocycles. The van der Waals surface area contributed by atoms with E-state index in [0.29, 0.717) is 22.8 Å². The molecule has 0 unspecified atom stereocenters. The number of benzene rings is 1. The minimum absolute atomic E-state index is 0.0469. The van der Waals surface area contributed by atoms with Crippen LogP contribution < -0.4 is 15.5 Å². The number of halogens is 3. The van der Waals surface area contributed by atoms with Crippen molar-refractivity contribution in [1.29, 1.82) is 0 Å². The van der Waals surface area contributed by atoms with E-state index in [1.807, 2.05) is 0 Å². The number of nitrogens with one attached hydrogen (secondary N) is 2. The van der Waals surface area contributed by atoms with Gasteiger partial charge in [-0.2, -0.15) is 13.2 Å². The van der Waals surface area contributed by atoms with E-state index in [1.165, 1.54) is 6.07 Å². The van der Waals surface area contributed by atoms with E-state index in [4.69, 9.17) is 0 Å². The Morgan fingerprint density at radius 1 is 1.20 bits per heavy atom. The SMILES string of the molecule is Cc1ccc(N2C(=O)N[C@@](NC(=O)CCC3CCCCC3)(C(F)(F)F)C2=O)c(C)c1. The van der Waals surface area contributed by atoms with Crippen molar-refractivity contribution >= 4 is 23.5 Å². The van der Waals surface area contributed by atoms with Crippen molar-refractivity contribution in [1.82, 2.24) is 10.6 Å². The maximum atomic E-state index is 14.0. The van der Waals surface area contributed by atoms with Crippen molar-refractivity contribution in [2.24, 2.45) is 5.92 Å². The number of aryl methyl sites for hydroxylation is 2. The van der Waals surface area contributed by atoms with Gasteiger partial charge in [0.15, 0.2) is 0 Å². The van der Waals surface area contributed by atoms with Gasteiger partial charge in [0.25, 0.3) is 11.6 Å². The third-order valence-electron chi connectivity index (χ3n) is 5.87. The molecule has 6 nitrogen and oxygen atoms in total. The maximum absolute atomic E-state index is 14.0. The van der Waals surface area contributed by atoms with E-state index in [2.05, 4.69) is 0 Å². The molecule has 0 radical (unpaired) electrons. The van der Waals surface area contributed by atoms with Crippen LogP contribution in [0.15, 0.2) is 18.2 Å². The van der Waals surface area contributed by atoms with E-state index in [0.717, 1.165) is 37.7 Å². The summed E-state index contributed by atoms with van der Waals surface area (Å²) < 4.78 is 41.9. The van der Waals surface area contributed by atoms with Crippen molar-refractivity contribution in [3.05, 3.63) is 29.3 Å². The molecule has 1 atom stereocenters. The zero-order chi connectivity index (χ0) is 22.1. The van der Waals surface area contributed by atoms with Crippen molar-refractivity contribution in [2.45, 2.75) is 70.6 Å². The van der Waals surface area contributed by atoms with Crippen molar-refractivity contribution < 1.29 is 27.6 Å². The lowest BCUT2D eigenvalue weighted by Crippen LogP contribution is -2.69. The average molecular weight is 425 g/mol. The number of urea groups is 1. The molecule has 1 aliphatic heterocycles. The standard InChI is InChI=1S/C21H26F3N3O3/c1-13-8-10-16(14(2)12-13)27-18(29)20(21(22,23)24,26-19(27)30)25-17(28)11-9-15-6-4-3-5-7-15/h8,10,12,15H,3-7,9,11H2,1-2H3,(H,25,28)(H,26,30)/t20-/m1/s1. The highest BCUT2D eigenvalue weighted by molar-refractivity contribution is 6.24. The fourth-order valence-corrected chi connectivity index (χ4v) is 4.24. The summed E-state index contributed by atoms with van der Waals surface area (Å²) in [6.07, 6.45) is 0.276. The lowest BCUT2D eigenvalue weighted by atomic mass is 9.86. The fraction of sp³-hybridized carbons (Fsp3) is 0.571. The number of carbonyl (C=O) groups is 3. The molecule has 0 spiro atoms. The van der Waals surface area contributed by atoms with Gasteiger partial charge in [0, 0.05) is 6.42 Å². The predicted octanol–water partition coefficient (Wildman–Crippen LogP) is 4.09. The quantitative estimate of drug-likeness (QED) is 0.698. The smallest absolute Gasteiger partial charge is 0.318 e. The minimum Gasteiger partial charge on any atom is -0.318 e. The van der Waals surface area contributed by atoms with Crippen LogP contribution in [0, 0.1) is 19.8 Å². The van der Waals surface area contributed by atoms with Gasteiger partial charge < -0.3 is 5.32 Å². The molecule has 164 valence electrons. The maximum Gasteiger partial charge on any atom is 0.440 e. The number of carbonyl (C=O) groups excluding carboxylic acids is 3. The number of hydrogen-bond acceptors (Lipinski definition) is 3. The molecule has 0 bridgehead atoms. The Labute approximate surface area is 173 Å². The van der Waals surface area contributed by atoms with Crippen LogP contribution in [0.2, 0.25) is 0 Å². The van der Waals surface area contributed by atoms with Gasteiger partial charge in [0.1, 0.15) is 0 Å². The van der Waals surface area contributed by atoms with Crippen LogP contribution in [0.4, 0.5) is 23.7 Å². The fourth-order valence-electron chi connectivity index (χ4n) is 4.24. The van der Waals surface area contributed by atoms with Gasteiger partial charge in [-0.1, -0.05) is 49.8 Å². The number of anilines is 1. The van der Waals surface area contributed by atoms with E-state index in [1.54, 1.807) is 36.6 Å². The Hall–Kier alpha value is -2.58. The summed E-state index contributed by atoms with van der Waals surface area (Å²) in [7, 11) is 0. The van der Waals surface area contributed by atoms with Gasteiger partial charge in [0.2, 0.25) is 5.91 Å². The van der Waals surface area contributed by atoms with Crippen LogP contribution in [0.5, 0.6) is 0 Å². The predicted molar refractivity (Wildman–Crippen MR) is 105 cm³/mol. The first-order chi connectivity index (χ1) is 14.0. The van der Waals surface area contributed by atoms with E-state index in [9.17, 15) is 27.6 Å². The van der Waals surface area contributed by atoms with Crippen LogP contribution in [0.1, 0.15) is 56.1 Å². The number of nitrogens with zero attached hydrogens (tertiary/aromatic N) is 1. The third-order valence-corrected chi connectivity index (χ3v) is 5.87. The molecule has 2 fully saturated rings. The first-order valence-electron chi connectivity index (χ1n) is 10.2. The number of alkyl halides is 3. The molecule has 1 aromatic rings. The Bertz CT molecular complexity index is 850. The molecule has 1 saturated carbocycles. The summed E-state index contributed by atoms with van der Waals surface area (Å²) in [5, 5.41) is 3.49. The molecule has 1 heterocycles. The summed E-state index contributed by atoms with van der Waals surface area (Å²) in [6, 6.07) is 3.45. The Morgan fingerprint density at radius 3 is 2.47 bits per heavy atom. The summed E-state index contributed by atoms with van der Waals surface area (Å²) in [5.74, 6) is -2.17. The van der Waals surface area contributed by atoms with Crippen LogP contribution in [-0.4, -0.2) is 29.7 Å². The second-order valence-electron chi connectivity index (χ2n) is 8.20. The zero-order valence-corrected chi connectivity index (χ0v) is 17.1. The summed E-state index contributed by atoms with van der Waals surface area (Å²) >= 11 is 0. The number of amides is 4. The Balaban J connectivity index is 1.81. The normalized spacial score (nSPS) is 22.9. The lowest BCUT2D eigenvalue weighted by Gasteiger charge is -2.30. The van der Waals surface area contributed by atoms with Gasteiger partial charge in [-0.25, -0.2) is 9.69 Å². The van der Waals surface area contributed by atoms with Gasteiger partial charge in [0.05, 0.1) is 5.69 Å². The number of imide groups is 1. The van der Waals surface area contributed by atoms with Crippen molar-refractivity contribution in [3.63, 3.8) is 0 Å². The topological polar surface area (TPSA) is 78.5 Å². The third kappa shape index (κ3) is 4.15. The first kappa shape index (κ1) is 22.1. The largest absolute Gasteiger partial charge is 0.440 e. The molecule has 30 heavy (non-hydrogen) atoms. The van der Waals surface area contributed by atoms with Gasteiger partial charge in [-0.3, -0.25) is 14.9 Å². The molecule has 3 rings (SSSR count). The molecular weight excluding hydrogens is 399 g/mol. The molecule has 4 amide bonds. The van der Waals surface area contributed by atoms with Crippen LogP contribution in [0.25, 0.3) is 0 Å². The number of rotatable bonds is 5. The molecule has 9 heteroatoms. The van der Waals surface area contributed by atoms with Crippen LogP contribution in [0.3, 0.4) is 0 Å². The van der Waals surface area contributed by atoms with E-state index in [-0.39, 0.29) is 12.1 Å². The van der Waals surface area contributed by atoms with Gasteiger partial charge in [-0.15, -0.1) is 0 Å². The lowest BCUT2D eigenvalue weighted by molar-refractivity contribution is -0.201. The summed E-state index contributed by atoms with van der Waals surface area (Å²) in [6.45, 7) is 3.38. The molecule has 2 N–H and O–H groups in total. The van der Waals surface area contributed by atoms with Gasteiger partial charge in [-0.05, 0) is 37.8 Å². The summed E-state index contributed by atoms with van der Waals surface area (Å²) in [4.78, 5) is 38.1. The van der Waals surface area contributed by atoms with Crippen molar-refractivity contribution in [3.8, 4) is 0 Å².